The average Bonchev–Trinajstić information content (AvgIpc) is 2.67. The van der Waals surface area contributed by atoms with Crippen LogP contribution in [0.4, 0.5) is 8.78 Å². The minimum Gasteiger partial charge on any atom is -0.365 e. The Morgan fingerprint density at radius 1 is 0.923 bits per heavy atom. The first-order chi connectivity index (χ1) is 12.7. The van der Waals surface area contributed by atoms with Crippen LogP contribution < -0.4 is 5.73 Å². The molecular weight excluding hydrogens is 334 g/mol. The van der Waals surface area contributed by atoms with Crippen LogP contribution in [0.2, 0.25) is 0 Å². The minimum atomic E-state index is -0.322. The molecule has 1 heterocycles. The minimum absolute atomic E-state index is 0.129. The molecule has 3 nitrogen and oxygen atoms in total. The second-order valence-electron chi connectivity index (χ2n) is 6.80. The highest BCUT2D eigenvalue weighted by molar-refractivity contribution is 5.30. The molecule has 0 spiro atoms. The number of likely N-dealkylation sites (tertiary alicyclic amines) is 1. The second-order valence-corrected chi connectivity index (χ2v) is 6.80. The van der Waals surface area contributed by atoms with Gasteiger partial charge in [-0.3, -0.25) is 0 Å². The molecule has 2 aromatic rings. The SMILES string of the molecule is NCCCN1CCC(OC(c2ccc(F)cc2)c2ccc(F)cc2)CC1. The number of piperidine rings is 1. The first-order valence-electron chi connectivity index (χ1n) is 9.24. The van der Waals surface area contributed by atoms with Crippen molar-refractivity contribution in [3.8, 4) is 0 Å². The Morgan fingerprint density at radius 2 is 1.42 bits per heavy atom. The van der Waals surface area contributed by atoms with E-state index in [0.29, 0.717) is 6.54 Å². The maximum absolute atomic E-state index is 13.3. The lowest BCUT2D eigenvalue weighted by Crippen LogP contribution is -2.38. The zero-order valence-corrected chi connectivity index (χ0v) is 14.9. The van der Waals surface area contributed by atoms with E-state index < -0.39 is 0 Å². The Morgan fingerprint density at radius 3 is 1.88 bits per heavy atom. The smallest absolute Gasteiger partial charge is 0.123 e. The summed E-state index contributed by atoms with van der Waals surface area (Å²) in [5, 5.41) is 0. The van der Waals surface area contributed by atoms with E-state index >= 15 is 0 Å². The van der Waals surface area contributed by atoms with E-state index in [1.165, 1.54) is 24.3 Å². The predicted octanol–water partition coefficient (Wildman–Crippen LogP) is 3.88. The molecule has 0 aromatic heterocycles. The predicted molar refractivity (Wildman–Crippen MR) is 98.9 cm³/mol. The highest BCUT2D eigenvalue weighted by Crippen LogP contribution is 2.30. The highest BCUT2D eigenvalue weighted by atomic mass is 19.1. The normalized spacial score (nSPS) is 16.3. The highest BCUT2D eigenvalue weighted by Gasteiger charge is 2.24. The van der Waals surface area contributed by atoms with Crippen molar-refractivity contribution in [3.63, 3.8) is 0 Å². The van der Waals surface area contributed by atoms with Gasteiger partial charge < -0.3 is 15.4 Å². The number of halogens is 2. The molecule has 26 heavy (non-hydrogen) atoms. The van der Waals surface area contributed by atoms with Crippen molar-refractivity contribution in [2.75, 3.05) is 26.2 Å². The maximum Gasteiger partial charge on any atom is 0.123 e. The van der Waals surface area contributed by atoms with Crippen molar-refractivity contribution < 1.29 is 13.5 Å². The van der Waals surface area contributed by atoms with Crippen LogP contribution in [0.25, 0.3) is 0 Å². The maximum atomic E-state index is 13.3. The lowest BCUT2D eigenvalue weighted by molar-refractivity contribution is -0.0269. The summed E-state index contributed by atoms with van der Waals surface area (Å²) in [5.41, 5.74) is 7.34. The number of rotatable bonds is 7. The molecule has 1 saturated heterocycles. The van der Waals surface area contributed by atoms with Crippen LogP contribution in [0.1, 0.15) is 36.5 Å². The number of nitrogens with two attached hydrogens (primary N) is 1. The summed E-state index contributed by atoms with van der Waals surface area (Å²) in [6.45, 7) is 3.73. The number of nitrogens with zero attached hydrogens (tertiary/aromatic N) is 1. The van der Waals surface area contributed by atoms with E-state index in [4.69, 9.17) is 10.5 Å². The fraction of sp³-hybridized carbons (Fsp3) is 0.429. The summed E-state index contributed by atoms with van der Waals surface area (Å²) in [7, 11) is 0. The molecule has 0 aliphatic carbocycles. The van der Waals surface area contributed by atoms with Gasteiger partial charge in [-0.2, -0.15) is 0 Å². The lowest BCUT2D eigenvalue weighted by atomic mass is 10.00. The van der Waals surface area contributed by atoms with Gasteiger partial charge in [0, 0.05) is 13.1 Å². The molecule has 0 unspecified atom stereocenters. The van der Waals surface area contributed by atoms with Gasteiger partial charge in [0.25, 0.3) is 0 Å². The summed E-state index contributed by atoms with van der Waals surface area (Å²) in [6, 6.07) is 12.7. The number of hydrogen-bond acceptors (Lipinski definition) is 3. The molecule has 3 rings (SSSR count). The van der Waals surface area contributed by atoms with Gasteiger partial charge in [0.15, 0.2) is 0 Å². The van der Waals surface area contributed by atoms with Gasteiger partial charge in [-0.15, -0.1) is 0 Å². The molecule has 0 radical (unpaired) electrons. The molecule has 2 N–H and O–H groups in total. The standard InChI is InChI=1S/C21H26F2N2O/c22-18-6-2-16(3-7-18)21(17-4-8-19(23)9-5-17)26-20-10-14-25(15-11-20)13-1-12-24/h2-9,20-21H,1,10-15,24H2. The van der Waals surface area contributed by atoms with Crippen LogP contribution in [-0.2, 0) is 4.74 Å². The van der Waals surface area contributed by atoms with Crippen LogP contribution in [-0.4, -0.2) is 37.2 Å². The molecule has 0 bridgehead atoms. The van der Waals surface area contributed by atoms with Crippen LogP contribution >= 0.6 is 0 Å². The van der Waals surface area contributed by atoms with E-state index in [9.17, 15) is 8.78 Å². The Bertz CT molecular complexity index is 622. The topological polar surface area (TPSA) is 38.5 Å². The van der Waals surface area contributed by atoms with Gasteiger partial charge in [-0.05, 0) is 67.7 Å². The van der Waals surface area contributed by atoms with Crippen molar-refractivity contribution in [1.82, 2.24) is 4.90 Å². The summed E-state index contributed by atoms with van der Waals surface area (Å²) < 4.78 is 33.0. The second kappa shape index (κ2) is 9.21. The molecule has 1 fully saturated rings. The first-order valence-corrected chi connectivity index (χ1v) is 9.24. The van der Waals surface area contributed by atoms with Gasteiger partial charge in [0.2, 0.25) is 0 Å². The van der Waals surface area contributed by atoms with Crippen LogP contribution in [0, 0.1) is 11.6 Å². The Hall–Kier alpha value is -1.82. The van der Waals surface area contributed by atoms with Crippen molar-refractivity contribution >= 4 is 0 Å². The fourth-order valence-corrected chi connectivity index (χ4v) is 3.40. The summed E-state index contributed by atoms with van der Waals surface area (Å²) in [5.74, 6) is -0.556. The van der Waals surface area contributed by atoms with Gasteiger partial charge in [-0.1, -0.05) is 24.3 Å². The number of ether oxygens (including phenoxy) is 1. The number of hydrogen-bond donors (Lipinski definition) is 1. The fourth-order valence-electron chi connectivity index (χ4n) is 3.40. The third-order valence-electron chi connectivity index (χ3n) is 4.89. The van der Waals surface area contributed by atoms with Crippen molar-refractivity contribution in [2.45, 2.75) is 31.5 Å². The molecule has 5 heteroatoms. The molecule has 1 aliphatic heterocycles. The summed E-state index contributed by atoms with van der Waals surface area (Å²) in [4.78, 5) is 2.41. The zero-order valence-electron chi connectivity index (χ0n) is 14.9. The van der Waals surface area contributed by atoms with Crippen molar-refractivity contribution in [2.24, 2.45) is 5.73 Å². The van der Waals surface area contributed by atoms with Gasteiger partial charge in [0.05, 0.1) is 6.10 Å². The average molecular weight is 360 g/mol. The van der Waals surface area contributed by atoms with E-state index in [2.05, 4.69) is 4.90 Å². The first kappa shape index (κ1) is 19.0. The van der Waals surface area contributed by atoms with Crippen molar-refractivity contribution in [3.05, 3.63) is 71.3 Å². The third kappa shape index (κ3) is 5.10. The van der Waals surface area contributed by atoms with Gasteiger partial charge >= 0.3 is 0 Å². The third-order valence-corrected chi connectivity index (χ3v) is 4.89. The molecule has 0 amide bonds. The van der Waals surface area contributed by atoms with Gasteiger partial charge in [-0.25, -0.2) is 8.78 Å². The van der Waals surface area contributed by atoms with Crippen LogP contribution in [0.15, 0.2) is 48.5 Å². The monoisotopic (exact) mass is 360 g/mol. The Kier molecular flexibility index (Phi) is 6.72. The Labute approximate surface area is 153 Å². The Balaban J connectivity index is 1.70. The van der Waals surface area contributed by atoms with Gasteiger partial charge in [0.1, 0.15) is 17.7 Å². The lowest BCUT2D eigenvalue weighted by Gasteiger charge is -2.34. The largest absolute Gasteiger partial charge is 0.365 e. The zero-order chi connectivity index (χ0) is 18.4. The molecule has 0 atom stereocenters. The van der Waals surface area contributed by atoms with Crippen LogP contribution in [0.3, 0.4) is 0 Å². The van der Waals surface area contributed by atoms with E-state index in [1.807, 2.05) is 0 Å². The van der Waals surface area contributed by atoms with E-state index in [-0.39, 0.29) is 23.8 Å². The molecular formula is C21H26F2N2O. The number of benzene rings is 2. The quantitative estimate of drug-likeness (QED) is 0.814. The van der Waals surface area contributed by atoms with Crippen molar-refractivity contribution in [1.29, 1.82) is 0 Å². The van der Waals surface area contributed by atoms with Crippen LogP contribution in [0.5, 0.6) is 0 Å². The summed E-state index contributed by atoms with van der Waals surface area (Å²) >= 11 is 0. The molecule has 0 saturated carbocycles. The molecule has 2 aromatic carbocycles. The molecule has 140 valence electrons. The van der Waals surface area contributed by atoms with E-state index in [1.54, 1.807) is 24.3 Å². The summed E-state index contributed by atoms with van der Waals surface area (Å²) in [6.07, 6.45) is 2.72. The van der Waals surface area contributed by atoms with E-state index in [0.717, 1.165) is 50.0 Å². The molecule has 1 aliphatic rings.